The van der Waals surface area contributed by atoms with Gasteiger partial charge in [-0.1, -0.05) is 12.1 Å². The number of aryl methyl sites for hydroxylation is 1. The molecular weight excluding hydrogens is 240 g/mol. The van der Waals surface area contributed by atoms with Crippen molar-refractivity contribution in [2.45, 2.75) is 39.9 Å². The zero-order valence-electron chi connectivity index (χ0n) is 12.1. The lowest BCUT2D eigenvalue weighted by Crippen LogP contribution is -2.49. The number of morpholine rings is 1. The smallest absolute Gasteiger partial charge is 0.322 e. The normalized spacial score (nSPS) is 23.3. The van der Waals surface area contributed by atoms with E-state index in [1.807, 2.05) is 50.8 Å². The van der Waals surface area contributed by atoms with Gasteiger partial charge in [0.2, 0.25) is 0 Å². The lowest BCUT2D eigenvalue weighted by atomic mass is 10.1. The number of benzene rings is 1. The number of carbonyl (C=O) groups excluding carboxylic acids is 1. The molecule has 104 valence electrons. The maximum atomic E-state index is 12.3. The number of ether oxygens (including phenoxy) is 1. The molecule has 2 amide bonds. The van der Waals surface area contributed by atoms with Crippen LogP contribution in [0.4, 0.5) is 10.5 Å². The van der Waals surface area contributed by atoms with Crippen molar-refractivity contribution in [2.75, 3.05) is 18.4 Å². The van der Waals surface area contributed by atoms with Crippen molar-refractivity contribution in [3.63, 3.8) is 0 Å². The number of nitrogens with zero attached hydrogens (tertiary/aromatic N) is 1. The van der Waals surface area contributed by atoms with Gasteiger partial charge in [-0.3, -0.25) is 0 Å². The van der Waals surface area contributed by atoms with Crippen LogP contribution in [-0.2, 0) is 4.74 Å². The summed E-state index contributed by atoms with van der Waals surface area (Å²) < 4.78 is 5.64. The van der Waals surface area contributed by atoms with Gasteiger partial charge >= 0.3 is 6.03 Å². The molecule has 1 aromatic rings. The van der Waals surface area contributed by atoms with Gasteiger partial charge in [-0.2, -0.15) is 0 Å². The topological polar surface area (TPSA) is 41.6 Å². The van der Waals surface area contributed by atoms with Gasteiger partial charge in [0.15, 0.2) is 0 Å². The minimum absolute atomic E-state index is 0.0456. The van der Waals surface area contributed by atoms with Crippen LogP contribution in [0.15, 0.2) is 18.2 Å². The Bertz CT molecular complexity index is 463. The van der Waals surface area contributed by atoms with Crippen LogP contribution in [0.25, 0.3) is 0 Å². The first-order valence-electron chi connectivity index (χ1n) is 6.75. The SMILES string of the molecule is Cc1cccc(NC(=O)N2C[C@@H](C)O[C@@H](C)C2)c1C. The number of anilines is 1. The summed E-state index contributed by atoms with van der Waals surface area (Å²) in [5.74, 6) is 0. The number of urea groups is 1. The van der Waals surface area contributed by atoms with E-state index in [1.54, 1.807) is 0 Å². The minimum atomic E-state index is -0.0456. The molecule has 0 bridgehead atoms. The van der Waals surface area contributed by atoms with E-state index in [2.05, 4.69) is 5.32 Å². The first kappa shape index (κ1) is 13.9. The molecule has 1 aliphatic heterocycles. The fourth-order valence-electron chi connectivity index (χ4n) is 2.42. The van der Waals surface area contributed by atoms with E-state index in [0.29, 0.717) is 13.1 Å². The van der Waals surface area contributed by atoms with Crippen molar-refractivity contribution < 1.29 is 9.53 Å². The fraction of sp³-hybridized carbons (Fsp3) is 0.533. The molecule has 1 aliphatic rings. The molecule has 1 N–H and O–H groups in total. The maximum Gasteiger partial charge on any atom is 0.322 e. The average molecular weight is 262 g/mol. The second-order valence-electron chi connectivity index (χ2n) is 5.34. The third kappa shape index (κ3) is 3.26. The average Bonchev–Trinajstić information content (AvgIpc) is 2.33. The molecule has 1 aromatic carbocycles. The molecule has 1 fully saturated rings. The molecule has 0 aromatic heterocycles. The highest BCUT2D eigenvalue weighted by atomic mass is 16.5. The Balaban J connectivity index is 2.06. The molecule has 0 spiro atoms. The molecule has 0 aliphatic carbocycles. The largest absolute Gasteiger partial charge is 0.372 e. The summed E-state index contributed by atoms with van der Waals surface area (Å²) >= 11 is 0. The van der Waals surface area contributed by atoms with E-state index in [0.717, 1.165) is 11.3 Å². The molecular formula is C15H22N2O2. The number of rotatable bonds is 1. The van der Waals surface area contributed by atoms with Crippen molar-refractivity contribution in [1.29, 1.82) is 0 Å². The monoisotopic (exact) mass is 262 g/mol. The second-order valence-corrected chi connectivity index (χ2v) is 5.34. The zero-order valence-corrected chi connectivity index (χ0v) is 12.1. The second kappa shape index (κ2) is 5.61. The molecule has 19 heavy (non-hydrogen) atoms. The Morgan fingerprint density at radius 2 is 1.89 bits per heavy atom. The number of amides is 2. The van der Waals surface area contributed by atoms with Crippen LogP contribution in [0, 0.1) is 13.8 Å². The summed E-state index contributed by atoms with van der Waals surface area (Å²) in [5.41, 5.74) is 3.18. The van der Waals surface area contributed by atoms with E-state index >= 15 is 0 Å². The number of hydrogen-bond donors (Lipinski definition) is 1. The lowest BCUT2D eigenvalue weighted by molar-refractivity contribution is -0.0530. The fourth-order valence-corrected chi connectivity index (χ4v) is 2.42. The Morgan fingerprint density at radius 3 is 2.53 bits per heavy atom. The van der Waals surface area contributed by atoms with Gasteiger partial charge in [0.05, 0.1) is 12.2 Å². The zero-order chi connectivity index (χ0) is 14.0. The standard InChI is InChI=1S/C15H22N2O2/c1-10-6-5-7-14(13(10)4)16-15(18)17-8-11(2)19-12(3)9-17/h5-7,11-12H,8-9H2,1-4H3,(H,16,18)/t11-,12+. The van der Waals surface area contributed by atoms with E-state index in [-0.39, 0.29) is 18.2 Å². The minimum Gasteiger partial charge on any atom is -0.372 e. The van der Waals surface area contributed by atoms with Crippen LogP contribution in [0.5, 0.6) is 0 Å². The Morgan fingerprint density at radius 1 is 1.26 bits per heavy atom. The quantitative estimate of drug-likeness (QED) is 0.845. The van der Waals surface area contributed by atoms with E-state index in [4.69, 9.17) is 4.74 Å². The van der Waals surface area contributed by atoms with Crippen molar-refractivity contribution >= 4 is 11.7 Å². The molecule has 1 heterocycles. The third-order valence-corrected chi connectivity index (χ3v) is 3.55. The third-order valence-electron chi connectivity index (χ3n) is 3.55. The molecule has 0 radical (unpaired) electrons. The van der Waals surface area contributed by atoms with Crippen LogP contribution < -0.4 is 5.32 Å². The van der Waals surface area contributed by atoms with Crippen LogP contribution >= 0.6 is 0 Å². The molecule has 2 rings (SSSR count). The Hall–Kier alpha value is -1.55. The summed E-state index contributed by atoms with van der Waals surface area (Å²) in [6.07, 6.45) is 0.182. The van der Waals surface area contributed by atoms with E-state index in [1.165, 1.54) is 5.56 Å². The van der Waals surface area contributed by atoms with Crippen LogP contribution in [0.1, 0.15) is 25.0 Å². The summed E-state index contributed by atoms with van der Waals surface area (Å²) in [6, 6.07) is 5.90. The van der Waals surface area contributed by atoms with Gasteiger partial charge in [0.1, 0.15) is 0 Å². The van der Waals surface area contributed by atoms with Gasteiger partial charge in [-0.15, -0.1) is 0 Å². The van der Waals surface area contributed by atoms with Crippen molar-refractivity contribution in [2.24, 2.45) is 0 Å². The lowest BCUT2D eigenvalue weighted by Gasteiger charge is -2.35. The van der Waals surface area contributed by atoms with Crippen LogP contribution in [0.2, 0.25) is 0 Å². The summed E-state index contributed by atoms with van der Waals surface area (Å²) in [5, 5.41) is 2.99. The van der Waals surface area contributed by atoms with Crippen LogP contribution in [-0.4, -0.2) is 36.2 Å². The highest BCUT2D eigenvalue weighted by molar-refractivity contribution is 5.90. The van der Waals surface area contributed by atoms with Gasteiger partial charge in [-0.25, -0.2) is 4.79 Å². The molecule has 1 saturated heterocycles. The van der Waals surface area contributed by atoms with Crippen LogP contribution in [0.3, 0.4) is 0 Å². The van der Waals surface area contributed by atoms with Gasteiger partial charge in [-0.05, 0) is 44.9 Å². The molecule has 4 heteroatoms. The highest BCUT2D eigenvalue weighted by Gasteiger charge is 2.26. The predicted octanol–water partition coefficient (Wildman–Crippen LogP) is 2.94. The summed E-state index contributed by atoms with van der Waals surface area (Å²) in [6.45, 7) is 9.34. The number of nitrogens with one attached hydrogen (secondary N) is 1. The highest BCUT2D eigenvalue weighted by Crippen LogP contribution is 2.19. The molecule has 0 unspecified atom stereocenters. The first-order valence-corrected chi connectivity index (χ1v) is 6.75. The number of hydrogen-bond acceptors (Lipinski definition) is 2. The van der Waals surface area contributed by atoms with Crippen molar-refractivity contribution in [1.82, 2.24) is 4.90 Å². The van der Waals surface area contributed by atoms with Gasteiger partial charge < -0.3 is 15.0 Å². The Labute approximate surface area is 114 Å². The van der Waals surface area contributed by atoms with Gasteiger partial charge in [0, 0.05) is 18.8 Å². The van der Waals surface area contributed by atoms with E-state index < -0.39 is 0 Å². The van der Waals surface area contributed by atoms with Gasteiger partial charge in [0.25, 0.3) is 0 Å². The summed E-state index contributed by atoms with van der Waals surface area (Å²) in [4.78, 5) is 14.1. The molecule has 4 nitrogen and oxygen atoms in total. The maximum absolute atomic E-state index is 12.3. The Kier molecular flexibility index (Phi) is 4.10. The first-order chi connectivity index (χ1) is 8.97. The number of carbonyl (C=O) groups is 1. The molecule has 0 saturated carbocycles. The van der Waals surface area contributed by atoms with E-state index in [9.17, 15) is 4.79 Å². The predicted molar refractivity (Wildman–Crippen MR) is 76.5 cm³/mol. The van der Waals surface area contributed by atoms with Crippen molar-refractivity contribution in [3.8, 4) is 0 Å². The van der Waals surface area contributed by atoms with Crippen molar-refractivity contribution in [3.05, 3.63) is 29.3 Å². The molecule has 2 atom stereocenters. The summed E-state index contributed by atoms with van der Waals surface area (Å²) in [7, 11) is 0.